The van der Waals surface area contributed by atoms with Crippen LogP contribution in [-0.2, 0) is 16.7 Å². The maximum atomic E-state index is 6.33. The lowest BCUT2D eigenvalue weighted by atomic mass is 9.82. The average molecular weight is 239 g/mol. The normalized spacial score (nSPS) is 21.4. The van der Waals surface area contributed by atoms with Gasteiger partial charge in [-0.3, -0.25) is 0 Å². The third-order valence-corrected chi connectivity index (χ3v) is 3.51. The Hall–Kier alpha value is -0.940. The summed E-state index contributed by atoms with van der Waals surface area (Å²) in [6.45, 7) is 1.98. The molecule has 1 aliphatic carbocycles. The van der Waals surface area contributed by atoms with E-state index in [0.717, 1.165) is 25.7 Å². The maximum Gasteiger partial charge on any atom is 0.246 e. The number of methoxy groups -OCH3 is 1. The van der Waals surface area contributed by atoms with Gasteiger partial charge in [0.1, 0.15) is 0 Å². The summed E-state index contributed by atoms with van der Waals surface area (Å²) in [5.74, 6) is 1.28. The van der Waals surface area contributed by atoms with Crippen LogP contribution in [0.1, 0.15) is 50.7 Å². The van der Waals surface area contributed by atoms with E-state index < -0.39 is 5.54 Å². The van der Waals surface area contributed by atoms with Crippen molar-refractivity contribution < 1.29 is 9.26 Å². The van der Waals surface area contributed by atoms with Crippen molar-refractivity contribution in [2.75, 3.05) is 7.11 Å². The van der Waals surface area contributed by atoms with Crippen LogP contribution < -0.4 is 5.73 Å². The largest absolute Gasteiger partial charge is 0.381 e. The molecule has 1 fully saturated rings. The zero-order valence-corrected chi connectivity index (χ0v) is 10.6. The van der Waals surface area contributed by atoms with E-state index >= 15 is 0 Å². The third-order valence-electron chi connectivity index (χ3n) is 3.51. The molecule has 0 radical (unpaired) electrons. The molecular weight excluding hydrogens is 218 g/mol. The molecule has 0 aromatic carbocycles. The van der Waals surface area contributed by atoms with E-state index in [1.807, 2.05) is 6.92 Å². The molecule has 0 saturated heterocycles. The lowest BCUT2D eigenvalue weighted by molar-refractivity contribution is 0.116. The third kappa shape index (κ3) is 2.84. The predicted octanol–water partition coefficient (Wildman–Crippen LogP) is 1.77. The molecular formula is C12H21N3O2. The van der Waals surface area contributed by atoms with Crippen molar-refractivity contribution in [2.24, 2.45) is 5.73 Å². The topological polar surface area (TPSA) is 74.2 Å². The summed E-state index contributed by atoms with van der Waals surface area (Å²) in [5, 5.41) is 3.98. The quantitative estimate of drug-likeness (QED) is 0.866. The lowest BCUT2D eigenvalue weighted by Crippen LogP contribution is -2.39. The summed E-state index contributed by atoms with van der Waals surface area (Å²) < 4.78 is 10.5. The molecule has 1 saturated carbocycles. The Morgan fingerprint density at radius 1 is 1.41 bits per heavy atom. The van der Waals surface area contributed by atoms with Gasteiger partial charge in [0.25, 0.3) is 0 Å². The van der Waals surface area contributed by atoms with Gasteiger partial charge in [0.2, 0.25) is 5.89 Å². The van der Waals surface area contributed by atoms with Crippen molar-refractivity contribution in [1.29, 1.82) is 0 Å². The zero-order chi connectivity index (χ0) is 12.3. The van der Waals surface area contributed by atoms with Crippen LogP contribution >= 0.6 is 0 Å². The molecule has 5 nitrogen and oxygen atoms in total. The van der Waals surface area contributed by atoms with Gasteiger partial charge in [-0.15, -0.1) is 0 Å². The van der Waals surface area contributed by atoms with Crippen molar-refractivity contribution in [1.82, 2.24) is 10.1 Å². The van der Waals surface area contributed by atoms with Crippen molar-refractivity contribution in [2.45, 2.75) is 57.1 Å². The molecule has 1 unspecified atom stereocenters. The highest BCUT2D eigenvalue weighted by Crippen LogP contribution is 2.33. The summed E-state index contributed by atoms with van der Waals surface area (Å²) in [5.41, 5.74) is 5.93. The molecule has 0 aliphatic heterocycles. The second-order valence-electron chi connectivity index (χ2n) is 4.98. The first kappa shape index (κ1) is 12.5. The minimum Gasteiger partial charge on any atom is -0.381 e. The SMILES string of the molecule is COC(C)Cc1noc(C2(N)CCCCC2)n1. The molecule has 0 spiro atoms. The average Bonchev–Trinajstić information content (AvgIpc) is 2.79. The van der Waals surface area contributed by atoms with Gasteiger partial charge in [-0.05, 0) is 19.8 Å². The minimum absolute atomic E-state index is 0.0977. The number of nitrogens with zero attached hydrogens (tertiary/aromatic N) is 2. The Morgan fingerprint density at radius 2 is 2.12 bits per heavy atom. The van der Waals surface area contributed by atoms with Gasteiger partial charge in [0.15, 0.2) is 5.82 Å². The highest BCUT2D eigenvalue weighted by molar-refractivity contribution is 5.04. The number of ether oxygens (including phenoxy) is 1. The Bertz CT molecular complexity index is 358. The van der Waals surface area contributed by atoms with E-state index in [4.69, 9.17) is 15.0 Å². The molecule has 2 N–H and O–H groups in total. The molecule has 17 heavy (non-hydrogen) atoms. The second kappa shape index (κ2) is 5.14. The lowest BCUT2D eigenvalue weighted by Gasteiger charge is -2.29. The first-order valence-electron chi connectivity index (χ1n) is 6.29. The van der Waals surface area contributed by atoms with Crippen LogP contribution in [0.2, 0.25) is 0 Å². The van der Waals surface area contributed by atoms with E-state index in [1.54, 1.807) is 7.11 Å². The Kier molecular flexibility index (Phi) is 3.79. The molecule has 1 aliphatic rings. The van der Waals surface area contributed by atoms with Gasteiger partial charge < -0.3 is 15.0 Å². The van der Waals surface area contributed by atoms with Gasteiger partial charge in [0.05, 0.1) is 11.6 Å². The molecule has 0 bridgehead atoms. The molecule has 1 atom stereocenters. The van der Waals surface area contributed by atoms with Gasteiger partial charge in [-0.2, -0.15) is 4.98 Å². The number of aromatic nitrogens is 2. The summed E-state index contributed by atoms with van der Waals surface area (Å²) >= 11 is 0. The van der Waals surface area contributed by atoms with Crippen molar-refractivity contribution in [3.05, 3.63) is 11.7 Å². The molecule has 1 heterocycles. The number of hydrogen-bond acceptors (Lipinski definition) is 5. The maximum absolute atomic E-state index is 6.33. The molecule has 96 valence electrons. The predicted molar refractivity (Wildman–Crippen MR) is 63.4 cm³/mol. The number of hydrogen-bond donors (Lipinski definition) is 1. The van der Waals surface area contributed by atoms with Crippen LogP contribution in [-0.4, -0.2) is 23.4 Å². The highest BCUT2D eigenvalue weighted by atomic mass is 16.5. The summed E-state index contributed by atoms with van der Waals surface area (Å²) in [7, 11) is 1.68. The fourth-order valence-electron chi connectivity index (χ4n) is 2.28. The van der Waals surface area contributed by atoms with E-state index in [1.165, 1.54) is 6.42 Å². The first-order chi connectivity index (χ1) is 8.14. The van der Waals surface area contributed by atoms with E-state index in [2.05, 4.69) is 10.1 Å². The summed E-state index contributed by atoms with van der Waals surface area (Å²) in [6.07, 6.45) is 6.17. The molecule has 5 heteroatoms. The Labute approximate surface area is 102 Å². The van der Waals surface area contributed by atoms with E-state index in [-0.39, 0.29) is 6.10 Å². The zero-order valence-electron chi connectivity index (χ0n) is 10.6. The monoisotopic (exact) mass is 239 g/mol. The van der Waals surface area contributed by atoms with Crippen LogP contribution in [0, 0.1) is 0 Å². The Morgan fingerprint density at radius 3 is 2.76 bits per heavy atom. The van der Waals surface area contributed by atoms with Gasteiger partial charge >= 0.3 is 0 Å². The van der Waals surface area contributed by atoms with Crippen LogP contribution in [0.5, 0.6) is 0 Å². The standard InChI is InChI=1S/C12H21N3O2/c1-9(16-2)8-10-14-11(17-15-10)12(13)6-4-3-5-7-12/h9H,3-8,13H2,1-2H3. The Balaban J connectivity index is 2.06. The van der Waals surface area contributed by atoms with Crippen LogP contribution in [0.3, 0.4) is 0 Å². The molecule has 1 aromatic rings. The fourth-order valence-corrected chi connectivity index (χ4v) is 2.28. The van der Waals surface area contributed by atoms with Crippen LogP contribution in [0.4, 0.5) is 0 Å². The first-order valence-corrected chi connectivity index (χ1v) is 6.29. The van der Waals surface area contributed by atoms with E-state index in [9.17, 15) is 0 Å². The molecule has 2 rings (SSSR count). The number of rotatable bonds is 4. The van der Waals surface area contributed by atoms with E-state index in [0.29, 0.717) is 18.1 Å². The van der Waals surface area contributed by atoms with Crippen LogP contribution in [0.15, 0.2) is 4.52 Å². The molecule has 0 amide bonds. The van der Waals surface area contributed by atoms with Gasteiger partial charge in [0, 0.05) is 13.5 Å². The molecule has 1 aromatic heterocycles. The van der Waals surface area contributed by atoms with Crippen molar-refractivity contribution >= 4 is 0 Å². The second-order valence-corrected chi connectivity index (χ2v) is 4.98. The van der Waals surface area contributed by atoms with Crippen molar-refractivity contribution in [3.63, 3.8) is 0 Å². The van der Waals surface area contributed by atoms with Gasteiger partial charge in [-0.25, -0.2) is 0 Å². The fraction of sp³-hybridized carbons (Fsp3) is 0.833. The summed E-state index contributed by atoms with van der Waals surface area (Å²) in [4.78, 5) is 4.41. The number of nitrogens with two attached hydrogens (primary N) is 1. The summed E-state index contributed by atoms with van der Waals surface area (Å²) in [6, 6.07) is 0. The smallest absolute Gasteiger partial charge is 0.246 e. The highest BCUT2D eigenvalue weighted by Gasteiger charge is 2.35. The minimum atomic E-state index is -0.403. The van der Waals surface area contributed by atoms with Gasteiger partial charge in [-0.1, -0.05) is 24.4 Å². The van der Waals surface area contributed by atoms with Crippen molar-refractivity contribution in [3.8, 4) is 0 Å². The van der Waals surface area contributed by atoms with Crippen LogP contribution in [0.25, 0.3) is 0 Å².